The summed E-state index contributed by atoms with van der Waals surface area (Å²) >= 11 is 0. The van der Waals surface area contributed by atoms with E-state index in [-0.39, 0.29) is 12.0 Å². The predicted molar refractivity (Wildman–Crippen MR) is 77.3 cm³/mol. The quantitative estimate of drug-likeness (QED) is 0.858. The lowest BCUT2D eigenvalue weighted by molar-refractivity contribution is -0.0226. The molecule has 2 aromatic rings. The van der Waals surface area contributed by atoms with Crippen LogP contribution in [0.25, 0.3) is 5.82 Å². The van der Waals surface area contributed by atoms with Crippen LogP contribution >= 0.6 is 0 Å². The second-order valence-corrected chi connectivity index (χ2v) is 5.03. The summed E-state index contributed by atoms with van der Waals surface area (Å²) in [4.78, 5) is 22.6. The zero-order valence-electron chi connectivity index (χ0n) is 12.0. The van der Waals surface area contributed by atoms with Crippen molar-refractivity contribution in [2.75, 3.05) is 19.7 Å². The van der Waals surface area contributed by atoms with Crippen LogP contribution < -0.4 is 0 Å². The topological polar surface area (TPSA) is 60.2 Å². The Morgan fingerprint density at radius 2 is 2.38 bits per heavy atom. The van der Waals surface area contributed by atoms with Crippen LogP contribution in [-0.4, -0.2) is 51.1 Å². The van der Waals surface area contributed by atoms with Crippen molar-refractivity contribution >= 4 is 5.91 Å². The maximum atomic E-state index is 12.5. The minimum absolute atomic E-state index is 0.0152. The highest BCUT2D eigenvalue weighted by Crippen LogP contribution is 2.13. The van der Waals surface area contributed by atoms with Crippen molar-refractivity contribution in [3.05, 3.63) is 42.6 Å². The number of carbonyl (C=O) groups is 1. The molecule has 0 aromatic carbocycles. The summed E-state index contributed by atoms with van der Waals surface area (Å²) in [6.45, 7) is 3.96. The molecule has 6 nitrogen and oxygen atoms in total. The lowest BCUT2D eigenvalue weighted by atomic mass is 10.2. The van der Waals surface area contributed by atoms with Crippen LogP contribution in [0.1, 0.15) is 23.7 Å². The minimum atomic E-state index is 0.0152. The highest BCUT2D eigenvalue weighted by molar-refractivity contribution is 5.94. The van der Waals surface area contributed by atoms with Gasteiger partial charge >= 0.3 is 0 Å². The summed E-state index contributed by atoms with van der Waals surface area (Å²) in [5.41, 5.74) is 0.607. The maximum absolute atomic E-state index is 12.5. The molecule has 1 aliphatic rings. The van der Waals surface area contributed by atoms with Crippen LogP contribution in [-0.2, 0) is 4.74 Å². The van der Waals surface area contributed by atoms with Gasteiger partial charge in [-0.2, -0.15) is 0 Å². The molecule has 0 unspecified atom stereocenters. The first-order valence-electron chi connectivity index (χ1n) is 7.13. The van der Waals surface area contributed by atoms with Gasteiger partial charge in [0.05, 0.1) is 18.3 Å². The average molecular weight is 286 g/mol. The summed E-state index contributed by atoms with van der Waals surface area (Å²) in [7, 11) is 0. The van der Waals surface area contributed by atoms with Crippen LogP contribution in [0.4, 0.5) is 0 Å². The summed E-state index contributed by atoms with van der Waals surface area (Å²) < 4.78 is 7.39. The molecule has 21 heavy (non-hydrogen) atoms. The predicted octanol–water partition coefficient (Wildman–Crippen LogP) is 1.52. The third kappa shape index (κ3) is 2.95. The van der Waals surface area contributed by atoms with Crippen molar-refractivity contribution in [2.45, 2.75) is 19.4 Å². The first-order valence-corrected chi connectivity index (χ1v) is 7.13. The van der Waals surface area contributed by atoms with Crippen molar-refractivity contribution in [1.82, 2.24) is 19.4 Å². The van der Waals surface area contributed by atoms with Crippen LogP contribution in [0.3, 0.4) is 0 Å². The van der Waals surface area contributed by atoms with E-state index in [2.05, 4.69) is 16.9 Å². The molecule has 0 N–H and O–H groups in total. The molecule has 1 aliphatic heterocycles. The third-order valence-electron chi connectivity index (χ3n) is 3.65. The number of morpholine rings is 1. The molecule has 0 aliphatic carbocycles. The number of nitrogens with zero attached hydrogens (tertiary/aromatic N) is 4. The van der Waals surface area contributed by atoms with Gasteiger partial charge in [-0.3, -0.25) is 9.36 Å². The average Bonchev–Trinajstić information content (AvgIpc) is 3.09. The Kier molecular flexibility index (Phi) is 3.96. The van der Waals surface area contributed by atoms with E-state index in [1.807, 2.05) is 17.2 Å². The number of hydrogen-bond donors (Lipinski definition) is 0. The van der Waals surface area contributed by atoms with E-state index >= 15 is 0 Å². The van der Waals surface area contributed by atoms with Crippen molar-refractivity contribution in [1.29, 1.82) is 0 Å². The fourth-order valence-corrected chi connectivity index (χ4v) is 2.39. The van der Waals surface area contributed by atoms with Crippen molar-refractivity contribution < 1.29 is 9.53 Å². The summed E-state index contributed by atoms with van der Waals surface area (Å²) in [6.07, 6.45) is 7.87. The SMILES string of the molecule is CC[C@H]1CN(C(=O)c2ccc(-n3ccnc3)nc2)CCO1. The fourth-order valence-electron chi connectivity index (χ4n) is 2.39. The van der Waals surface area contributed by atoms with Gasteiger partial charge < -0.3 is 9.64 Å². The van der Waals surface area contributed by atoms with Gasteiger partial charge in [0.2, 0.25) is 0 Å². The molecule has 1 fully saturated rings. The monoisotopic (exact) mass is 286 g/mol. The van der Waals surface area contributed by atoms with E-state index in [1.165, 1.54) is 0 Å². The number of pyridine rings is 1. The van der Waals surface area contributed by atoms with E-state index in [0.717, 1.165) is 12.2 Å². The van der Waals surface area contributed by atoms with E-state index in [1.54, 1.807) is 29.4 Å². The maximum Gasteiger partial charge on any atom is 0.255 e. The first kappa shape index (κ1) is 13.8. The highest BCUT2D eigenvalue weighted by atomic mass is 16.5. The molecule has 1 amide bonds. The zero-order chi connectivity index (χ0) is 14.7. The molecule has 0 bridgehead atoms. The van der Waals surface area contributed by atoms with E-state index < -0.39 is 0 Å². The Bertz CT molecular complexity index is 595. The number of rotatable bonds is 3. The standard InChI is InChI=1S/C15H18N4O2/c1-2-13-10-18(7-8-21-13)15(20)12-3-4-14(17-9-12)19-6-5-16-11-19/h3-6,9,11,13H,2,7-8,10H2,1H3/t13-/m0/s1. The summed E-state index contributed by atoms with van der Waals surface area (Å²) in [5.74, 6) is 0.763. The molecule has 3 rings (SSSR count). The van der Waals surface area contributed by atoms with Gasteiger partial charge in [0, 0.05) is 31.7 Å². The van der Waals surface area contributed by atoms with Crippen LogP contribution in [0.2, 0.25) is 0 Å². The normalized spacial score (nSPS) is 18.7. The second kappa shape index (κ2) is 6.05. The first-order chi connectivity index (χ1) is 10.3. The molecular weight excluding hydrogens is 268 g/mol. The molecule has 0 spiro atoms. The number of carbonyl (C=O) groups excluding carboxylic acids is 1. The molecular formula is C15H18N4O2. The van der Waals surface area contributed by atoms with Gasteiger partial charge in [-0.1, -0.05) is 6.92 Å². The number of amides is 1. The Balaban J connectivity index is 1.73. The number of aromatic nitrogens is 3. The molecule has 110 valence electrons. The number of hydrogen-bond acceptors (Lipinski definition) is 4. The Labute approximate surface area is 123 Å². The molecule has 3 heterocycles. The van der Waals surface area contributed by atoms with Crippen LogP contribution in [0, 0.1) is 0 Å². The van der Waals surface area contributed by atoms with Crippen LogP contribution in [0.5, 0.6) is 0 Å². The van der Waals surface area contributed by atoms with Gasteiger partial charge in [0.1, 0.15) is 12.1 Å². The number of imidazole rings is 1. The molecule has 1 saturated heterocycles. The van der Waals surface area contributed by atoms with E-state index in [4.69, 9.17) is 4.74 Å². The van der Waals surface area contributed by atoms with Crippen molar-refractivity contribution in [2.24, 2.45) is 0 Å². The minimum Gasteiger partial charge on any atom is -0.375 e. The van der Waals surface area contributed by atoms with E-state index in [0.29, 0.717) is 25.3 Å². The van der Waals surface area contributed by atoms with Crippen molar-refractivity contribution in [3.63, 3.8) is 0 Å². The van der Waals surface area contributed by atoms with Crippen molar-refractivity contribution in [3.8, 4) is 5.82 Å². The Morgan fingerprint density at radius 1 is 1.48 bits per heavy atom. The molecule has 6 heteroatoms. The molecule has 1 atom stereocenters. The van der Waals surface area contributed by atoms with Gasteiger partial charge in [0.25, 0.3) is 5.91 Å². The lowest BCUT2D eigenvalue weighted by Gasteiger charge is -2.32. The smallest absolute Gasteiger partial charge is 0.255 e. The summed E-state index contributed by atoms with van der Waals surface area (Å²) in [6, 6.07) is 3.63. The third-order valence-corrected chi connectivity index (χ3v) is 3.65. The zero-order valence-corrected chi connectivity index (χ0v) is 12.0. The van der Waals surface area contributed by atoms with Crippen LogP contribution in [0.15, 0.2) is 37.1 Å². The largest absolute Gasteiger partial charge is 0.375 e. The molecule has 0 radical (unpaired) electrons. The van der Waals surface area contributed by atoms with E-state index in [9.17, 15) is 4.79 Å². The molecule has 2 aromatic heterocycles. The Morgan fingerprint density at radius 3 is 3.05 bits per heavy atom. The van der Waals surface area contributed by atoms with Gasteiger partial charge in [-0.05, 0) is 18.6 Å². The molecule has 0 saturated carbocycles. The lowest BCUT2D eigenvalue weighted by Crippen LogP contribution is -2.45. The fraction of sp³-hybridized carbons (Fsp3) is 0.400. The highest BCUT2D eigenvalue weighted by Gasteiger charge is 2.24. The second-order valence-electron chi connectivity index (χ2n) is 5.03. The number of ether oxygens (including phenoxy) is 1. The van der Waals surface area contributed by atoms with Gasteiger partial charge in [-0.15, -0.1) is 0 Å². The summed E-state index contributed by atoms with van der Waals surface area (Å²) in [5, 5.41) is 0. The Hall–Kier alpha value is -2.21. The van der Waals surface area contributed by atoms with Gasteiger partial charge in [0.15, 0.2) is 0 Å². The van der Waals surface area contributed by atoms with Gasteiger partial charge in [-0.25, -0.2) is 9.97 Å².